The number of nitrogens with two attached hydrogens (primary N) is 1. The number of rotatable bonds is 19. The SMILES string of the molecule is CC(C)(C)OC(=O)CN1CCN(CC(=O)NCCOCCOCCOCCN)CCN(CC(=O)OC(C)(C)C)CCN(CC(=O)OC(C)(C)C)CC1. The quantitative estimate of drug-likeness (QED) is 0.105. The minimum absolute atomic E-state index is 0.0597. The lowest BCUT2D eigenvalue weighted by Crippen LogP contribution is -2.50. The molecule has 16 heteroatoms. The van der Waals surface area contributed by atoms with Gasteiger partial charge in [0.25, 0.3) is 0 Å². The van der Waals surface area contributed by atoms with Crippen LogP contribution in [0.2, 0.25) is 0 Å². The smallest absolute Gasteiger partial charge is 0.320 e. The van der Waals surface area contributed by atoms with E-state index in [1.54, 1.807) is 0 Å². The molecule has 1 heterocycles. The molecule has 0 radical (unpaired) electrons. The fourth-order valence-electron chi connectivity index (χ4n) is 5.03. The zero-order valence-electron chi connectivity index (χ0n) is 33.6. The Balaban J connectivity index is 2.98. The van der Waals surface area contributed by atoms with Crippen LogP contribution < -0.4 is 11.1 Å². The Kier molecular flexibility index (Phi) is 22.7. The Morgan fingerprint density at radius 1 is 0.481 bits per heavy atom. The van der Waals surface area contributed by atoms with Gasteiger partial charge >= 0.3 is 17.9 Å². The molecule has 3 N–H and O–H groups in total. The molecular formula is C36H70N6O10. The van der Waals surface area contributed by atoms with E-state index < -0.39 is 16.8 Å². The van der Waals surface area contributed by atoms with Crippen LogP contribution in [-0.2, 0) is 47.6 Å². The van der Waals surface area contributed by atoms with E-state index in [9.17, 15) is 19.2 Å². The first-order valence-electron chi connectivity index (χ1n) is 18.5. The molecule has 1 saturated heterocycles. The minimum atomic E-state index is -0.635. The number of amides is 1. The van der Waals surface area contributed by atoms with Crippen LogP contribution >= 0.6 is 0 Å². The highest BCUT2D eigenvalue weighted by atomic mass is 16.6. The lowest BCUT2D eigenvalue weighted by molar-refractivity contribution is -0.158. The van der Waals surface area contributed by atoms with Gasteiger partial charge in [-0.15, -0.1) is 0 Å². The highest BCUT2D eigenvalue weighted by molar-refractivity contribution is 5.78. The largest absolute Gasteiger partial charge is 0.459 e. The molecule has 0 aromatic heterocycles. The minimum Gasteiger partial charge on any atom is -0.459 e. The maximum absolute atomic E-state index is 13.0. The second-order valence-electron chi connectivity index (χ2n) is 15.8. The molecule has 1 rings (SSSR count). The third-order valence-corrected chi connectivity index (χ3v) is 7.19. The number of ether oxygens (including phenoxy) is 6. The van der Waals surface area contributed by atoms with Gasteiger partial charge in [0, 0.05) is 65.4 Å². The number of hydrogen-bond donors (Lipinski definition) is 2. The first-order valence-corrected chi connectivity index (χ1v) is 18.5. The lowest BCUT2D eigenvalue weighted by atomic mass is 10.2. The van der Waals surface area contributed by atoms with Crippen LogP contribution in [0.5, 0.6) is 0 Å². The topological polar surface area (TPSA) is 175 Å². The molecule has 304 valence electrons. The van der Waals surface area contributed by atoms with Crippen LogP contribution in [0.3, 0.4) is 0 Å². The number of nitrogens with one attached hydrogen (secondary N) is 1. The summed E-state index contributed by atoms with van der Waals surface area (Å²) >= 11 is 0. The van der Waals surface area contributed by atoms with Crippen LogP contribution in [0.4, 0.5) is 0 Å². The fraction of sp³-hybridized carbons (Fsp3) is 0.889. The van der Waals surface area contributed by atoms with E-state index in [1.807, 2.05) is 81.9 Å². The summed E-state index contributed by atoms with van der Waals surface area (Å²) in [6.07, 6.45) is 0. The Morgan fingerprint density at radius 3 is 1.08 bits per heavy atom. The molecule has 1 fully saturated rings. The summed E-state index contributed by atoms with van der Waals surface area (Å²) in [5.41, 5.74) is 3.48. The maximum atomic E-state index is 13.0. The van der Waals surface area contributed by atoms with Crippen molar-refractivity contribution in [1.29, 1.82) is 0 Å². The highest BCUT2D eigenvalue weighted by Gasteiger charge is 2.26. The fourth-order valence-corrected chi connectivity index (χ4v) is 5.03. The molecule has 0 aromatic rings. The van der Waals surface area contributed by atoms with E-state index in [0.717, 1.165) is 0 Å². The Hall–Kier alpha value is -2.44. The number of hydrogen-bond acceptors (Lipinski definition) is 15. The molecule has 0 spiro atoms. The van der Waals surface area contributed by atoms with Gasteiger partial charge < -0.3 is 39.5 Å². The Morgan fingerprint density at radius 2 is 0.769 bits per heavy atom. The summed E-state index contributed by atoms with van der Waals surface area (Å²) < 4.78 is 33.1. The third kappa shape index (κ3) is 27.2. The molecule has 1 aliphatic heterocycles. The van der Waals surface area contributed by atoms with Crippen molar-refractivity contribution in [2.24, 2.45) is 5.73 Å². The molecule has 0 saturated carbocycles. The van der Waals surface area contributed by atoms with Crippen LogP contribution in [-0.4, -0.2) is 191 Å². The molecule has 0 atom stereocenters. The van der Waals surface area contributed by atoms with E-state index in [1.165, 1.54) is 0 Å². The monoisotopic (exact) mass is 747 g/mol. The summed E-state index contributed by atoms with van der Waals surface area (Å²) in [5.74, 6) is -1.21. The van der Waals surface area contributed by atoms with Crippen molar-refractivity contribution >= 4 is 23.8 Å². The van der Waals surface area contributed by atoms with Crippen molar-refractivity contribution in [3.05, 3.63) is 0 Å². The van der Waals surface area contributed by atoms with Crippen molar-refractivity contribution in [1.82, 2.24) is 24.9 Å². The third-order valence-electron chi connectivity index (χ3n) is 7.19. The molecular weight excluding hydrogens is 676 g/mol. The molecule has 52 heavy (non-hydrogen) atoms. The lowest BCUT2D eigenvalue weighted by Gasteiger charge is -2.34. The average Bonchev–Trinajstić information content (AvgIpc) is 2.98. The Labute approximate surface area is 312 Å². The predicted molar refractivity (Wildman–Crippen MR) is 198 cm³/mol. The molecule has 0 unspecified atom stereocenters. The maximum Gasteiger partial charge on any atom is 0.320 e. The van der Waals surface area contributed by atoms with Gasteiger partial charge in [0.2, 0.25) is 5.91 Å². The van der Waals surface area contributed by atoms with Crippen molar-refractivity contribution in [2.75, 3.05) is 131 Å². The first kappa shape index (κ1) is 47.6. The summed E-state index contributed by atoms with van der Waals surface area (Å²) in [4.78, 5) is 59.7. The zero-order valence-corrected chi connectivity index (χ0v) is 33.6. The summed E-state index contributed by atoms with van der Waals surface area (Å²) in [6.45, 7) is 23.9. The van der Waals surface area contributed by atoms with Gasteiger partial charge in [-0.3, -0.25) is 38.8 Å². The van der Waals surface area contributed by atoms with Gasteiger partial charge in [0.1, 0.15) is 16.8 Å². The number of nitrogens with zero attached hydrogens (tertiary/aromatic N) is 4. The van der Waals surface area contributed by atoms with Crippen molar-refractivity contribution in [3.8, 4) is 0 Å². The van der Waals surface area contributed by atoms with Crippen molar-refractivity contribution < 1.29 is 47.6 Å². The Bertz CT molecular complexity index is 998. The van der Waals surface area contributed by atoms with E-state index in [4.69, 9.17) is 34.2 Å². The van der Waals surface area contributed by atoms with Crippen LogP contribution in [0.25, 0.3) is 0 Å². The predicted octanol–water partition coefficient (Wildman–Crippen LogP) is 0.358. The van der Waals surface area contributed by atoms with E-state index in [-0.39, 0.29) is 50.0 Å². The normalized spacial score (nSPS) is 16.8. The molecule has 0 aromatic carbocycles. The van der Waals surface area contributed by atoms with E-state index in [0.29, 0.717) is 105 Å². The van der Waals surface area contributed by atoms with Crippen molar-refractivity contribution in [3.63, 3.8) is 0 Å². The van der Waals surface area contributed by atoms with Gasteiger partial charge in [-0.2, -0.15) is 0 Å². The van der Waals surface area contributed by atoms with Crippen molar-refractivity contribution in [2.45, 2.75) is 79.1 Å². The first-order chi connectivity index (χ1) is 24.2. The van der Waals surface area contributed by atoms with Crippen LogP contribution in [0.15, 0.2) is 0 Å². The average molecular weight is 747 g/mol. The summed E-state index contributed by atoms with van der Waals surface area (Å²) in [5, 5.41) is 2.92. The summed E-state index contributed by atoms with van der Waals surface area (Å²) in [7, 11) is 0. The van der Waals surface area contributed by atoms with Crippen LogP contribution in [0, 0.1) is 0 Å². The van der Waals surface area contributed by atoms with Gasteiger partial charge in [0.15, 0.2) is 0 Å². The highest BCUT2D eigenvalue weighted by Crippen LogP contribution is 2.11. The zero-order chi connectivity index (χ0) is 39.2. The number of carbonyl (C=O) groups excluding carboxylic acids is 4. The second kappa shape index (κ2) is 24.8. The second-order valence-corrected chi connectivity index (χ2v) is 15.8. The van der Waals surface area contributed by atoms with E-state index in [2.05, 4.69) is 5.32 Å². The molecule has 0 aliphatic carbocycles. The standard InChI is InChI=1S/C36H70N6O10/c1-34(2,3)50-31(44)27-40-14-12-39(26-30(43)38-11-21-48-23-25-49-24-22-47-20-10-37)13-15-41(28-32(45)51-35(4,5)6)17-19-42(18-16-40)29-33(46)52-36(7,8)9/h10-29,37H2,1-9H3,(H,38,43). The summed E-state index contributed by atoms with van der Waals surface area (Å²) in [6, 6.07) is 0. The number of esters is 3. The van der Waals surface area contributed by atoms with Gasteiger partial charge in [-0.25, -0.2) is 0 Å². The molecule has 1 aliphatic rings. The van der Waals surface area contributed by atoms with Gasteiger partial charge in [-0.05, 0) is 62.3 Å². The van der Waals surface area contributed by atoms with Crippen LogP contribution in [0.1, 0.15) is 62.3 Å². The molecule has 1 amide bonds. The van der Waals surface area contributed by atoms with E-state index >= 15 is 0 Å². The molecule has 16 nitrogen and oxygen atoms in total. The van der Waals surface area contributed by atoms with Gasteiger partial charge in [-0.1, -0.05) is 0 Å². The molecule has 0 bridgehead atoms. The number of carbonyl (C=O) groups is 4. The van der Waals surface area contributed by atoms with Gasteiger partial charge in [0.05, 0.1) is 65.8 Å².